The van der Waals surface area contributed by atoms with Crippen LogP contribution >= 0.6 is 0 Å². The molecule has 1 amide bonds. The van der Waals surface area contributed by atoms with E-state index in [0.717, 1.165) is 17.5 Å². The second kappa shape index (κ2) is 5.13. The molecule has 0 fully saturated rings. The zero-order valence-electron chi connectivity index (χ0n) is 12.4. The molecule has 0 saturated heterocycles. The number of nitrogens with one attached hydrogen (secondary N) is 1. The molecule has 0 saturated carbocycles. The van der Waals surface area contributed by atoms with Crippen LogP contribution in [0, 0.1) is 5.41 Å². The van der Waals surface area contributed by atoms with E-state index >= 15 is 0 Å². The van der Waals surface area contributed by atoms with Crippen molar-refractivity contribution in [2.24, 2.45) is 5.41 Å². The summed E-state index contributed by atoms with van der Waals surface area (Å²) in [6, 6.07) is 7.86. The van der Waals surface area contributed by atoms with E-state index in [9.17, 15) is 4.79 Å². The van der Waals surface area contributed by atoms with Crippen LogP contribution in [0.4, 0.5) is 0 Å². The van der Waals surface area contributed by atoms with Crippen molar-refractivity contribution in [1.29, 1.82) is 0 Å². The maximum Gasteiger partial charge on any atom is 0.251 e. The van der Waals surface area contributed by atoms with Gasteiger partial charge in [0.05, 0.1) is 0 Å². The van der Waals surface area contributed by atoms with E-state index in [1.807, 2.05) is 45.0 Å². The molecule has 2 nitrogen and oxygen atoms in total. The first-order valence-corrected chi connectivity index (χ1v) is 6.49. The summed E-state index contributed by atoms with van der Waals surface area (Å²) in [4.78, 5) is 12.3. The van der Waals surface area contributed by atoms with Crippen molar-refractivity contribution < 1.29 is 4.79 Å². The van der Waals surface area contributed by atoms with E-state index in [2.05, 4.69) is 26.1 Å². The molecule has 0 aliphatic heterocycles. The van der Waals surface area contributed by atoms with Gasteiger partial charge in [-0.1, -0.05) is 39.0 Å². The van der Waals surface area contributed by atoms with E-state index in [0.29, 0.717) is 0 Å². The molecular formula is C16H25NO. The minimum Gasteiger partial charge on any atom is -0.347 e. The number of benzene rings is 1. The Morgan fingerprint density at radius 3 is 2.11 bits per heavy atom. The first-order valence-electron chi connectivity index (χ1n) is 6.49. The first kappa shape index (κ1) is 14.7. The second-order valence-corrected chi connectivity index (χ2v) is 7.10. The molecular weight excluding hydrogens is 222 g/mol. The van der Waals surface area contributed by atoms with Crippen LogP contribution in [-0.4, -0.2) is 11.4 Å². The molecule has 18 heavy (non-hydrogen) atoms. The van der Waals surface area contributed by atoms with Gasteiger partial charge in [-0.25, -0.2) is 0 Å². The van der Waals surface area contributed by atoms with Gasteiger partial charge in [-0.05, 0) is 44.2 Å². The summed E-state index contributed by atoms with van der Waals surface area (Å²) in [6.45, 7) is 12.5. The fourth-order valence-electron chi connectivity index (χ4n) is 1.88. The molecule has 0 heterocycles. The largest absolute Gasteiger partial charge is 0.347 e. The smallest absolute Gasteiger partial charge is 0.251 e. The third-order valence-corrected chi connectivity index (χ3v) is 2.47. The molecule has 0 aliphatic carbocycles. The van der Waals surface area contributed by atoms with Gasteiger partial charge in [0, 0.05) is 11.1 Å². The number of rotatable bonds is 2. The number of amides is 1. The van der Waals surface area contributed by atoms with Crippen molar-refractivity contribution >= 4 is 5.91 Å². The van der Waals surface area contributed by atoms with Gasteiger partial charge in [0.15, 0.2) is 0 Å². The maximum absolute atomic E-state index is 12.3. The van der Waals surface area contributed by atoms with Gasteiger partial charge in [0.2, 0.25) is 0 Å². The molecule has 1 aromatic rings. The fourth-order valence-corrected chi connectivity index (χ4v) is 1.88. The lowest BCUT2D eigenvalue weighted by Gasteiger charge is -2.23. The molecule has 1 aromatic carbocycles. The van der Waals surface area contributed by atoms with Crippen LogP contribution in [0.1, 0.15) is 57.5 Å². The van der Waals surface area contributed by atoms with Crippen LogP contribution < -0.4 is 5.32 Å². The molecule has 0 spiro atoms. The Morgan fingerprint density at radius 1 is 1.06 bits per heavy atom. The lowest BCUT2D eigenvalue weighted by molar-refractivity contribution is 0.0918. The number of carbonyl (C=O) groups excluding carboxylic acids is 1. The Bertz CT molecular complexity index is 421. The van der Waals surface area contributed by atoms with Crippen molar-refractivity contribution in [2.45, 2.75) is 53.5 Å². The topological polar surface area (TPSA) is 29.1 Å². The van der Waals surface area contributed by atoms with Crippen molar-refractivity contribution in [2.75, 3.05) is 0 Å². The maximum atomic E-state index is 12.3. The summed E-state index contributed by atoms with van der Waals surface area (Å²) in [7, 11) is 0. The van der Waals surface area contributed by atoms with Gasteiger partial charge >= 0.3 is 0 Å². The molecule has 0 aromatic heterocycles. The Balaban J connectivity index is 2.99. The molecule has 0 aliphatic rings. The monoisotopic (exact) mass is 247 g/mol. The van der Waals surface area contributed by atoms with Crippen LogP contribution in [0.5, 0.6) is 0 Å². The highest BCUT2D eigenvalue weighted by atomic mass is 16.1. The first-order chi connectivity index (χ1) is 8.08. The fraction of sp³-hybridized carbons (Fsp3) is 0.562. The molecule has 0 unspecified atom stereocenters. The second-order valence-electron chi connectivity index (χ2n) is 7.10. The predicted octanol–water partition coefficient (Wildman–Crippen LogP) is 3.80. The van der Waals surface area contributed by atoms with Crippen LogP contribution in [-0.2, 0) is 6.42 Å². The zero-order chi connectivity index (χ0) is 14.0. The average molecular weight is 247 g/mol. The third-order valence-electron chi connectivity index (χ3n) is 2.47. The Labute approximate surface area is 111 Å². The lowest BCUT2D eigenvalue weighted by Crippen LogP contribution is -2.41. The van der Waals surface area contributed by atoms with Crippen molar-refractivity contribution in [3.8, 4) is 0 Å². The van der Waals surface area contributed by atoms with Crippen molar-refractivity contribution in [1.82, 2.24) is 5.32 Å². The standard InChI is InChI=1S/C16H25NO/c1-15(2,3)11-12-9-7-8-10-13(12)14(18)17-16(4,5)6/h7-10H,11H2,1-6H3,(H,17,18). The van der Waals surface area contributed by atoms with Gasteiger partial charge in [-0.2, -0.15) is 0 Å². The molecule has 2 heteroatoms. The minimum atomic E-state index is -0.202. The molecule has 0 bridgehead atoms. The molecule has 100 valence electrons. The Hall–Kier alpha value is -1.31. The van der Waals surface area contributed by atoms with Gasteiger partial charge in [0.1, 0.15) is 0 Å². The Kier molecular flexibility index (Phi) is 4.20. The Morgan fingerprint density at radius 2 is 1.61 bits per heavy atom. The summed E-state index contributed by atoms with van der Waals surface area (Å²) in [5, 5.41) is 3.02. The summed E-state index contributed by atoms with van der Waals surface area (Å²) < 4.78 is 0. The molecule has 1 rings (SSSR count). The minimum absolute atomic E-state index is 0.0161. The van der Waals surface area contributed by atoms with Crippen LogP contribution in [0.3, 0.4) is 0 Å². The van der Waals surface area contributed by atoms with Crippen molar-refractivity contribution in [3.63, 3.8) is 0 Å². The SMILES string of the molecule is CC(C)(C)Cc1ccccc1C(=O)NC(C)(C)C. The quantitative estimate of drug-likeness (QED) is 0.846. The van der Waals surface area contributed by atoms with E-state index in [1.54, 1.807) is 0 Å². The van der Waals surface area contributed by atoms with E-state index in [1.165, 1.54) is 0 Å². The number of hydrogen-bond acceptors (Lipinski definition) is 1. The van der Waals surface area contributed by atoms with Crippen LogP contribution in [0.25, 0.3) is 0 Å². The normalized spacial score (nSPS) is 12.3. The van der Waals surface area contributed by atoms with Crippen LogP contribution in [0.2, 0.25) is 0 Å². The summed E-state index contributed by atoms with van der Waals surface area (Å²) >= 11 is 0. The lowest BCUT2D eigenvalue weighted by atomic mass is 9.86. The molecule has 0 atom stereocenters. The highest BCUT2D eigenvalue weighted by molar-refractivity contribution is 5.96. The number of hydrogen-bond donors (Lipinski definition) is 1. The summed E-state index contributed by atoms with van der Waals surface area (Å²) in [5.74, 6) is 0.0161. The average Bonchev–Trinajstić information content (AvgIpc) is 2.12. The van der Waals surface area contributed by atoms with Gasteiger partial charge in [-0.3, -0.25) is 4.79 Å². The van der Waals surface area contributed by atoms with Crippen molar-refractivity contribution in [3.05, 3.63) is 35.4 Å². The van der Waals surface area contributed by atoms with E-state index in [4.69, 9.17) is 0 Å². The zero-order valence-corrected chi connectivity index (χ0v) is 12.4. The molecule has 0 radical (unpaired) electrons. The van der Waals surface area contributed by atoms with E-state index < -0.39 is 0 Å². The van der Waals surface area contributed by atoms with Crippen LogP contribution in [0.15, 0.2) is 24.3 Å². The number of carbonyl (C=O) groups is 1. The summed E-state index contributed by atoms with van der Waals surface area (Å²) in [5.41, 5.74) is 1.89. The predicted molar refractivity (Wildman–Crippen MR) is 76.8 cm³/mol. The highest BCUT2D eigenvalue weighted by Gasteiger charge is 2.20. The molecule has 1 N–H and O–H groups in total. The van der Waals surface area contributed by atoms with Gasteiger partial charge in [0.25, 0.3) is 5.91 Å². The van der Waals surface area contributed by atoms with Gasteiger partial charge < -0.3 is 5.32 Å². The highest BCUT2D eigenvalue weighted by Crippen LogP contribution is 2.23. The van der Waals surface area contributed by atoms with Gasteiger partial charge in [-0.15, -0.1) is 0 Å². The third kappa shape index (κ3) is 4.91. The summed E-state index contributed by atoms with van der Waals surface area (Å²) in [6.07, 6.45) is 0.904. The van der Waals surface area contributed by atoms with E-state index in [-0.39, 0.29) is 16.9 Å².